The van der Waals surface area contributed by atoms with Crippen molar-refractivity contribution >= 4 is 33.3 Å². The largest absolute Gasteiger partial charge is 0.416 e. The highest BCUT2D eigenvalue weighted by molar-refractivity contribution is 9.10. The molecule has 0 saturated carbocycles. The van der Waals surface area contributed by atoms with Gasteiger partial charge in [0.1, 0.15) is 0 Å². The molecule has 0 unspecified atom stereocenters. The molecule has 9 heteroatoms. The van der Waals surface area contributed by atoms with E-state index in [0.717, 1.165) is 11.4 Å². The highest BCUT2D eigenvalue weighted by atomic mass is 79.9. The first kappa shape index (κ1) is 27.8. The first-order valence-electron chi connectivity index (χ1n) is 9.91. The summed E-state index contributed by atoms with van der Waals surface area (Å²) in [4.78, 5) is 0.435. The Labute approximate surface area is 192 Å². The van der Waals surface area contributed by atoms with Gasteiger partial charge in [-0.2, -0.15) is 0 Å². The second-order valence-corrected chi connectivity index (χ2v) is 5.78. The van der Waals surface area contributed by atoms with Gasteiger partial charge in [0.25, 0.3) is 4.80 Å². The molecule has 0 aliphatic carbocycles. The van der Waals surface area contributed by atoms with Crippen molar-refractivity contribution in [1.29, 1.82) is 0 Å². The summed E-state index contributed by atoms with van der Waals surface area (Å²) >= 11 is 2.99. The zero-order valence-corrected chi connectivity index (χ0v) is 20.4. The molecule has 168 valence electrons. The Morgan fingerprint density at radius 1 is 0.710 bits per heavy atom. The van der Waals surface area contributed by atoms with Crippen molar-refractivity contribution < 1.29 is 8.83 Å². The normalized spacial score (nSPS) is 8.61. The predicted octanol–water partition coefficient (Wildman–Crippen LogP) is 6.58. The number of hydrogen-bond donors (Lipinski definition) is 2. The molecule has 2 aromatic carbocycles. The van der Waals surface area contributed by atoms with Gasteiger partial charge in [0.05, 0.1) is 0 Å². The number of nitrogen functional groups attached to an aromatic ring is 1. The van der Waals surface area contributed by atoms with Crippen LogP contribution in [0.2, 0.25) is 0 Å². The van der Waals surface area contributed by atoms with Crippen LogP contribution in [0, 0.1) is 13.8 Å². The molecule has 0 bridgehead atoms. The van der Waals surface area contributed by atoms with E-state index in [4.69, 9.17) is 14.6 Å². The average Bonchev–Trinajstić information content (AvgIpc) is 3.39. The molecule has 3 N–H and O–H groups in total. The number of benzene rings is 2. The fourth-order valence-corrected chi connectivity index (χ4v) is 2.03. The van der Waals surface area contributed by atoms with E-state index in [2.05, 4.69) is 41.6 Å². The van der Waals surface area contributed by atoms with E-state index in [1.165, 1.54) is 0 Å². The van der Waals surface area contributed by atoms with Crippen LogP contribution in [0.5, 0.6) is 0 Å². The Morgan fingerprint density at radius 2 is 1.19 bits per heavy atom. The summed E-state index contributed by atoms with van der Waals surface area (Å²) in [5, 5.41) is 17.6. The minimum absolute atomic E-state index is 0.420. The van der Waals surface area contributed by atoms with Crippen LogP contribution in [0.4, 0.5) is 17.4 Å². The molecule has 0 saturated heterocycles. The summed E-state index contributed by atoms with van der Waals surface area (Å²) in [6.07, 6.45) is 0. The van der Waals surface area contributed by atoms with Crippen molar-refractivity contribution in [3.63, 3.8) is 0 Å². The number of halogens is 1. The second kappa shape index (κ2) is 17.6. The lowest BCUT2D eigenvalue weighted by Gasteiger charge is -1.98. The second-order valence-electron chi connectivity index (χ2n) is 5.10. The van der Waals surface area contributed by atoms with Gasteiger partial charge in [-0.1, -0.05) is 69.2 Å². The number of anilines is 3. The summed E-state index contributed by atoms with van der Waals surface area (Å²) in [7, 11) is 0. The third kappa shape index (κ3) is 13.6. The standard InChI is InChI=1S/C9H9N3O.C6H7N.C3H3BrN2O.2C2H6/c1-7-11-12-9(13-7)10-8-5-3-2-4-6-8;7-6-4-2-1-3-5-6;1-2-5-6-3(4)7-2;2*1-2/h2-6H,1H3,(H,10,12);1-5H,7H2;1H3;2*1-2H3. The molecule has 0 spiro atoms. The maximum absolute atomic E-state index is 5.36. The molecule has 2 heterocycles. The zero-order chi connectivity index (χ0) is 23.5. The van der Waals surface area contributed by atoms with Crippen molar-refractivity contribution in [3.8, 4) is 0 Å². The Kier molecular flexibility index (Phi) is 15.8. The molecular formula is C22H31BrN6O2. The fraction of sp³-hybridized carbons (Fsp3) is 0.273. The molecule has 4 rings (SSSR count). The van der Waals surface area contributed by atoms with Crippen LogP contribution in [0.3, 0.4) is 0 Å². The van der Waals surface area contributed by atoms with Crippen LogP contribution >= 0.6 is 15.9 Å². The van der Waals surface area contributed by atoms with E-state index < -0.39 is 0 Å². The van der Waals surface area contributed by atoms with Crippen molar-refractivity contribution in [2.75, 3.05) is 11.1 Å². The lowest BCUT2D eigenvalue weighted by molar-refractivity contribution is 0.494. The molecule has 0 aliphatic rings. The highest BCUT2D eigenvalue weighted by Gasteiger charge is 2.00. The monoisotopic (exact) mass is 490 g/mol. The average molecular weight is 491 g/mol. The van der Waals surface area contributed by atoms with E-state index in [0.29, 0.717) is 22.6 Å². The van der Waals surface area contributed by atoms with Gasteiger partial charge in [0, 0.05) is 41.2 Å². The van der Waals surface area contributed by atoms with Crippen molar-refractivity contribution in [2.24, 2.45) is 0 Å². The lowest BCUT2D eigenvalue weighted by Crippen LogP contribution is -1.88. The first-order valence-corrected chi connectivity index (χ1v) is 10.7. The van der Waals surface area contributed by atoms with Crippen LogP contribution in [0.25, 0.3) is 0 Å². The topological polar surface area (TPSA) is 116 Å². The predicted molar refractivity (Wildman–Crippen MR) is 129 cm³/mol. The van der Waals surface area contributed by atoms with Crippen LogP contribution in [0.15, 0.2) is 74.3 Å². The van der Waals surface area contributed by atoms with Gasteiger partial charge in [0.15, 0.2) is 0 Å². The zero-order valence-electron chi connectivity index (χ0n) is 18.8. The molecule has 4 aromatic rings. The maximum atomic E-state index is 5.36. The fourth-order valence-electron chi connectivity index (χ4n) is 1.72. The number of nitrogens with two attached hydrogens (primary N) is 1. The van der Waals surface area contributed by atoms with E-state index in [1.807, 2.05) is 88.4 Å². The van der Waals surface area contributed by atoms with E-state index in [1.54, 1.807) is 13.8 Å². The molecule has 31 heavy (non-hydrogen) atoms. The first-order chi connectivity index (χ1) is 15.0. The van der Waals surface area contributed by atoms with Gasteiger partial charge in [-0.25, -0.2) is 0 Å². The van der Waals surface area contributed by atoms with Crippen LogP contribution in [-0.2, 0) is 0 Å². The van der Waals surface area contributed by atoms with E-state index in [9.17, 15) is 0 Å². The Bertz CT molecular complexity index is 897. The minimum Gasteiger partial charge on any atom is -0.416 e. The number of aryl methyl sites for hydroxylation is 2. The van der Waals surface area contributed by atoms with Gasteiger partial charge in [-0.3, -0.25) is 0 Å². The summed E-state index contributed by atoms with van der Waals surface area (Å²) < 4.78 is 9.93. The van der Waals surface area contributed by atoms with Gasteiger partial charge in [0.2, 0.25) is 11.8 Å². The van der Waals surface area contributed by atoms with E-state index >= 15 is 0 Å². The Balaban J connectivity index is 0.000000429. The summed E-state index contributed by atoms with van der Waals surface area (Å²) in [5.74, 6) is 1.13. The SMILES string of the molecule is CC.CC.Cc1nnc(Br)o1.Cc1nnc(Nc2ccccc2)o1.Nc1ccccc1. The number of nitrogens with zero attached hydrogens (tertiary/aromatic N) is 4. The van der Waals surface area contributed by atoms with Gasteiger partial charge >= 0.3 is 6.01 Å². The molecule has 0 radical (unpaired) electrons. The smallest absolute Gasteiger partial charge is 0.320 e. The van der Waals surface area contributed by atoms with Crippen molar-refractivity contribution in [2.45, 2.75) is 41.5 Å². The van der Waals surface area contributed by atoms with Crippen LogP contribution in [0.1, 0.15) is 39.5 Å². The summed E-state index contributed by atoms with van der Waals surface area (Å²) in [6, 6.07) is 19.6. The lowest BCUT2D eigenvalue weighted by atomic mass is 10.3. The number of hydrogen-bond acceptors (Lipinski definition) is 8. The molecule has 0 fully saturated rings. The molecule has 0 atom stereocenters. The molecular weight excluding hydrogens is 460 g/mol. The summed E-state index contributed by atoms with van der Waals surface area (Å²) in [5.41, 5.74) is 7.12. The third-order valence-electron chi connectivity index (χ3n) is 2.85. The third-order valence-corrected chi connectivity index (χ3v) is 3.17. The van der Waals surface area contributed by atoms with Crippen molar-refractivity contribution in [1.82, 2.24) is 20.4 Å². The van der Waals surface area contributed by atoms with Crippen molar-refractivity contribution in [3.05, 3.63) is 77.2 Å². The molecule has 8 nitrogen and oxygen atoms in total. The number of aromatic nitrogens is 4. The molecule has 0 amide bonds. The number of nitrogens with one attached hydrogen (secondary N) is 1. The Morgan fingerprint density at radius 3 is 1.52 bits per heavy atom. The summed E-state index contributed by atoms with van der Waals surface area (Å²) in [6.45, 7) is 11.5. The van der Waals surface area contributed by atoms with Gasteiger partial charge in [-0.05, 0) is 24.3 Å². The maximum Gasteiger partial charge on any atom is 0.320 e. The quantitative estimate of drug-likeness (QED) is 0.302. The Hall–Kier alpha value is -3.20. The van der Waals surface area contributed by atoms with Gasteiger partial charge < -0.3 is 19.9 Å². The minimum atomic E-state index is 0.420. The van der Waals surface area contributed by atoms with E-state index in [-0.39, 0.29) is 0 Å². The number of rotatable bonds is 2. The van der Waals surface area contributed by atoms with Crippen LogP contribution < -0.4 is 11.1 Å². The highest BCUT2D eigenvalue weighted by Crippen LogP contribution is 2.13. The number of para-hydroxylation sites is 2. The van der Waals surface area contributed by atoms with Gasteiger partial charge in [-0.15, -0.1) is 15.3 Å². The molecule has 0 aliphatic heterocycles. The molecule has 2 aromatic heterocycles. The van der Waals surface area contributed by atoms with Crippen LogP contribution in [-0.4, -0.2) is 20.4 Å².